The van der Waals surface area contributed by atoms with E-state index in [-0.39, 0.29) is 25.8 Å². The zero-order chi connectivity index (χ0) is 20.7. The maximum atomic E-state index is 10.6. The molecule has 158 valence electrons. The van der Waals surface area contributed by atoms with E-state index in [1.807, 2.05) is 5.92 Å². The summed E-state index contributed by atoms with van der Waals surface area (Å²) < 4.78 is 20.1. The number of carboxylic acid groups (broad SMARTS) is 1. The van der Waals surface area contributed by atoms with Crippen LogP contribution in [0.5, 0.6) is 0 Å². The molecular weight excluding hydrogens is 368 g/mol. The van der Waals surface area contributed by atoms with Gasteiger partial charge in [0.05, 0.1) is 0 Å². The van der Waals surface area contributed by atoms with Crippen LogP contribution in [0.15, 0.2) is 0 Å². The number of carbonyl (C=O) groups is 3. The molecule has 0 aromatic carbocycles. The Labute approximate surface area is 166 Å². The summed E-state index contributed by atoms with van der Waals surface area (Å²) in [4.78, 5) is 30.7. The monoisotopic (exact) mass is 398 g/mol. The lowest BCUT2D eigenvalue weighted by Crippen LogP contribution is -2.22. The smallest absolute Gasteiger partial charge is 0.382 e. The first kappa shape index (κ1) is 27.7. The second-order valence-electron chi connectivity index (χ2n) is 5.51. The lowest BCUT2D eigenvalue weighted by molar-refractivity contribution is -0.154. The largest absolute Gasteiger partial charge is 0.472 e. The third-order valence-electron chi connectivity index (χ3n) is 2.85. The number of ether oxygens (including phenoxy) is 4. The molecule has 0 saturated carbocycles. The number of hydrogen-bond donors (Lipinski definition) is 1. The highest BCUT2D eigenvalue weighted by molar-refractivity contribution is 5.86. The number of carbonyl (C=O) groups excluding carboxylic acids is 2. The van der Waals surface area contributed by atoms with Gasteiger partial charge in [-0.15, -0.1) is 0 Å². The summed E-state index contributed by atoms with van der Waals surface area (Å²) in [5, 5.41) is 8.08. The highest BCUT2D eigenvalue weighted by Gasteiger charge is 2.12. The molecule has 0 spiro atoms. The van der Waals surface area contributed by atoms with Gasteiger partial charge in [0, 0.05) is 26.4 Å². The summed E-state index contributed by atoms with van der Waals surface area (Å²) in [7, 11) is 0. The first-order valence-electron chi connectivity index (χ1n) is 8.51. The SMILES string of the molecule is C.CC(=O)O[C@@H](C)C#CC(=O)O.CC(=O)O[C@@H](C)C#CCOC1CCCCO1. The molecular formula is C20H30O8. The quantitative estimate of drug-likeness (QED) is 0.567. The molecule has 1 heterocycles. The van der Waals surface area contributed by atoms with Gasteiger partial charge in [-0.05, 0) is 39.0 Å². The van der Waals surface area contributed by atoms with Crippen LogP contribution in [0.4, 0.5) is 0 Å². The van der Waals surface area contributed by atoms with Crippen LogP contribution in [0.1, 0.15) is 54.4 Å². The van der Waals surface area contributed by atoms with Crippen LogP contribution < -0.4 is 0 Å². The Kier molecular flexibility index (Phi) is 16.4. The van der Waals surface area contributed by atoms with Crippen molar-refractivity contribution in [3.8, 4) is 23.7 Å². The molecule has 1 aliphatic rings. The highest BCUT2D eigenvalue weighted by atomic mass is 16.7. The van der Waals surface area contributed by atoms with Crippen molar-refractivity contribution >= 4 is 17.9 Å². The van der Waals surface area contributed by atoms with Gasteiger partial charge in [-0.1, -0.05) is 19.3 Å². The minimum absolute atomic E-state index is 0. The van der Waals surface area contributed by atoms with E-state index in [1.165, 1.54) is 20.8 Å². The Balaban J connectivity index is 0. The van der Waals surface area contributed by atoms with E-state index in [1.54, 1.807) is 6.92 Å². The van der Waals surface area contributed by atoms with E-state index >= 15 is 0 Å². The van der Waals surface area contributed by atoms with Crippen molar-refractivity contribution in [1.82, 2.24) is 0 Å². The zero-order valence-corrected chi connectivity index (χ0v) is 16.1. The van der Waals surface area contributed by atoms with E-state index in [0.29, 0.717) is 6.61 Å². The van der Waals surface area contributed by atoms with E-state index < -0.39 is 18.0 Å². The van der Waals surface area contributed by atoms with Crippen LogP contribution in [0, 0.1) is 23.7 Å². The average Bonchev–Trinajstić information content (AvgIpc) is 2.57. The van der Waals surface area contributed by atoms with Crippen molar-refractivity contribution in [2.45, 2.75) is 72.9 Å². The van der Waals surface area contributed by atoms with Crippen molar-refractivity contribution in [3.05, 3.63) is 0 Å². The summed E-state index contributed by atoms with van der Waals surface area (Å²) in [5.41, 5.74) is 0. The lowest BCUT2D eigenvalue weighted by Gasteiger charge is -2.21. The van der Waals surface area contributed by atoms with Crippen LogP contribution in [0.2, 0.25) is 0 Å². The second kappa shape index (κ2) is 16.6. The molecule has 8 heteroatoms. The van der Waals surface area contributed by atoms with Crippen LogP contribution in [-0.2, 0) is 33.3 Å². The molecule has 0 aliphatic carbocycles. The number of aliphatic carboxylic acids is 1. The van der Waals surface area contributed by atoms with Crippen molar-refractivity contribution in [3.63, 3.8) is 0 Å². The summed E-state index contributed by atoms with van der Waals surface area (Å²) in [6.45, 7) is 6.91. The average molecular weight is 398 g/mol. The van der Waals surface area contributed by atoms with Crippen molar-refractivity contribution in [2.75, 3.05) is 13.2 Å². The van der Waals surface area contributed by atoms with E-state index in [0.717, 1.165) is 25.9 Å². The molecule has 0 aromatic heterocycles. The first-order chi connectivity index (χ1) is 12.7. The Hall–Kier alpha value is -2.55. The number of hydrogen-bond acceptors (Lipinski definition) is 7. The number of rotatable bonds is 4. The fourth-order valence-electron chi connectivity index (χ4n) is 1.88. The highest BCUT2D eigenvalue weighted by Crippen LogP contribution is 2.12. The fraction of sp³-hybridized carbons (Fsp3) is 0.650. The Bertz CT molecular complexity index is 599. The molecule has 28 heavy (non-hydrogen) atoms. The molecule has 0 bridgehead atoms. The first-order valence-corrected chi connectivity index (χ1v) is 8.51. The lowest BCUT2D eigenvalue weighted by atomic mass is 10.2. The standard InChI is InChI=1S/C12H18O4.C7H8O4.CH4/c1-10(16-11(2)13)6-5-9-15-12-7-3-4-8-14-12;1-5(11-6(2)8)3-4-7(9)10;/h10,12H,3-4,7-9H2,1-2H3;5H,1-2H3,(H,9,10);1H4/t10-,12?;5-;/m00./s1. The third-order valence-corrected chi connectivity index (χ3v) is 2.85. The summed E-state index contributed by atoms with van der Waals surface area (Å²) in [6.07, 6.45) is 2.02. The molecule has 1 unspecified atom stereocenters. The maximum absolute atomic E-state index is 10.6. The molecule has 0 aromatic rings. The minimum Gasteiger partial charge on any atom is -0.472 e. The van der Waals surface area contributed by atoms with Gasteiger partial charge in [0.15, 0.2) is 18.5 Å². The van der Waals surface area contributed by atoms with Gasteiger partial charge in [0.25, 0.3) is 0 Å². The molecule has 1 rings (SSSR count). The third kappa shape index (κ3) is 18.2. The van der Waals surface area contributed by atoms with Crippen LogP contribution in [0.3, 0.4) is 0 Å². The van der Waals surface area contributed by atoms with Crippen LogP contribution >= 0.6 is 0 Å². The van der Waals surface area contributed by atoms with Gasteiger partial charge < -0.3 is 24.1 Å². The van der Waals surface area contributed by atoms with Gasteiger partial charge >= 0.3 is 17.9 Å². The van der Waals surface area contributed by atoms with Crippen molar-refractivity contribution in [1.29, 1.82) is 0 Å². The molecule has 0 amide bonds. The van der Waals surface area contributed by atoms with Gasteiger partial charge in [-0.3, -0.25) is 9.59 Å². The Morgan fingerprint density at radius 1 is 1.07 bits per heavy atom. The molecule has 1 aliphatic heterocycles. The van der Waals surface area contributed by atoms with Crippen LogP contribution in [0.25, 0.3) is 0 Å². The van der Waals surface area contributed by atoms with Gasteiger partial charge in [0.1, 0.15) is 6.61 Å². The molecule has 8 nitrogen and oxygen atoms in total. The van der Waals surface area contributed by atoms with E-state index in [4.69, 9.17) is 19.3 Å². The van der Waals surface area contributed by atoms with Gasteiger partial charge in [-0.25, -0.2) is 4.79 Å². The topological polar surface area (TPSA) is 108 Å². The predicted octanol–water partition coefficient (Wildman–Crippen LogP) is 2.15. The maximum Gasteiger partial charge on any atom is 0.382 e. The van der Waals surface area contributed by atoms with E-state index in [9.17, 15) is 14.4 Å². The van der Waals surface area contributed by atoms with Gasteiger partial charge in [-0.2, -0.15) is 0 Å². The second-order valence-corrected chi connectivity index (χ2v) is 5.51. The summed E-state index contributed by atoms with van der Waals surface area (Å²) in [5.74, 6) is 7.62. The Morgan fingerprint density at radius 3 is 2.11 bits per heavy atom. The molecule has 1 N–H and O–H groups in total. The van der Waals surface area contributed by atoms with E-state index in [2.05, 4.69) is 22.5 Å². The normalized spacial score (nSPS) is 16.6. The Morgan fingerprint density at radius 2 is 1.64 bits per heavy atom. The molecule has 1 fully saturated rings. The molecule has 1 saturated heterocycles. The summed E-state index contributed by atoms with van der Waals surface area (Å²) >= 11 is 0. The number of esters is 2. The minimum atomic E-state index is -1.23. The predicted molar refractivity (Wildman–Crippen MR) is 102 cm³/mol. The molecule has 0 radical (unpaired) electrons. The zero-order valence-electron chi connectivity index (χ0n) is 16.1. The number of carboxylic acids is 1. The van der Waals surface area contributed by atoms with Crippen molar-refractivity contribution in [2.24, 2.45) is 0 Å². The molecule has 3 atom stereocenters. The van der Waals surface area contributed by atoms with Gasteiger partial charge in [0.2, 0.25) is 0 Å². The summed E-state index contributed by atoms with van der Waals surface area (Å²) in [6, 6.07) is 0. The fourth-order valence-corrected chi connectivity index (χ4v) is 1.88. The van der Waals surface area contributed by atoms with Crippen molar-refractivity contribution < 1.29 is 38.4 Å². The van der Waals surface area contributed by atoms with Crippen LogP contribution in [-0.4, -0.2) is 54.7 Å².